The highest BCUT2D eigenvalue weighted by atomic mass is 79.9. The number of hydrogen-bond donors (Lipinski definition) is 1. The van der Waals surface area contributed by atoms with Crippen LogP contribution in [0.2, 0.25) is 0 Å². The Bertz CT molecular complexity index is 717. The predicted molar refractivity (Wildman–Crippen MR) is 73.7 cm³/mol. The minimum Gasteiger partial charge on any atom is -0.343 e. The molecule has 1 N–H and O–H groups in total. The molecular formula is C11H12BrN7. The Labute approximate surface area is 117 Å². The van der Waals surface area contributed by atoms with E-state index in [0.717, 1.165) is 15.9 Å². The summed E-state index contributed by atoms with van der Waals surface area (Å²) in [6.07, 6.45) is 3.53. The highest BCUT2D eigenvalue weighted by Crippen LogP contribution is 2.16. The van der Waals surface area contributed by atoms with Crippen LogP contribution < -0.4 is 5.32 Å². The van der Waals surface area contributed by atoms with Gasteiger partial charge in [-0.05, 0) is 35.0 Å². The van der Waals surface area contributed by atoms with E-state index in [-0.39, 0.29) is 6.04 Å². The summed E-state index contributed by atoms with van der Waals surface area (Å²) in [7, 11) is 1.90. The van der Waals surface area contributed by atoms with Crippen LogP contribution in [0.25, 0.3) is 5.65 Å². The Morgan fingerprint density at radius 2 is 2.21 bits per heavy atom. The Balaban J connectivity index is 1.87. The fourth-order valence-electron chi connectivity index (χ4n) is 1.86. The first-order valence-electron chi connectivity index (χ1n) is 5.76. The molecule has 0 bridgehead atoms. The van der Waals surface area contributed by atoms with Gasteiger partial charge in [-0.25, -0.2) is 4.52 Å². The van der Waals surface area contributed by atoms with Crippen molar-refractivity contribution in [2.75, 3.05) is 5.32 Å². The third-order valence-corrected chi connectivity index (χ3v) is 3.24. The molecule has 0 saturated carbocycles. The van der Waals surface area contributed by atoms with Crippen LogP contribution in [0, 0.1) is 0 Å². The second-order valence-electron chi connectivity index (χ2n) is 4.25. The van der Waals surface area contributed by atoms with Gasteiger partial charge in [0.15, 0.2) is 11.5 Å². The van der Waals surface area contributed by atoms with Crippen LogP contribution in [0.4, 0.5) is 5.95 Å². The molecule has 1 atom stereocenters. The second-order valence-corrected chi connectivity index (χ2v) is 5.17. The van der Waals surface area contributed by atoms with Gasteiger partial charge in [-0.3, -0.25) is 0 Å². The number of aryl methyl sites for hydroxylation is 1. The summed E-state index contributed by atoms with van der Waals surface area (Å²) >= 11 is 3.40. The third-order valence-electron chi connectivity index (χ3n) is 2.77. The highest BCUT2D eigenvalue weighted by molar-refractivity contribution is 9.10. The first-order chi connectivity index (χ1) is 9.13. The van der Waals surface area contributed by atoms with Gasteiger partial charge < -0.3 is 9.88 Å². The molecule has 19 heavy (non-hydrogen) atoms. The highest BCUT2D eigenvalue weighted by Gasteiger charge is 2.13. The zero-order valence-electron chi connectivity index (χ0n) is 10.4. The van der Waals surface area contributed by atoms with E-state index < -0.39 is 0 Å². The largest absolute Gasteiger partial charge is 0.343 e. The molecule has 0 spiro atoms. The zero-order valence-corrected chi connectivity index (χ0v) is 12.0. The van der Waals surface area contributed by atoms with Crippen LogP contribution in [0.1, 0.15) is 18.8 Å². The van der Waals surface area contributed by atoms with Crippen molar-refractivity contribution in [3.8, 4) is 0 Å². The van der Waals surface area contributed by atoms with E-state index in [2.05, 4.69) is 41.5 Å². The van der Waals surface area contributed by atoms with Gasteiger partial charge in [-0.2, -0.15) is 4.98 Å². The summed E-state index contributed by atoms with van der Waals surface area (Å²) in [6.45, 7) is 1.99. The van der Waals surface area contributed by atoms with Crippen LogP contribution in [0.15, 0.2) is 29.1 Å². The van der Waals surface area contributed by atoms with Crippen molar-refractivity contribution in [2.24, 2.45) is 7.05 Å². The normalized spacial score (nSPS) is 12.8. The van der Waals surface area contributed by atoms with E-state index in [9.17, 15) is 0 Å². The van der Waals surface area contributed by atoms with Crippen LogP contribution in [0.3, 0.4) is 0 Å². The molecule has 0 aromatic carbocycles. The molecule has 3 heterocycles. The van der Waals surface area contributed by atoms with Gasteiger partial charge in [0.2, 0.25) is 5.95 Å². The van der Waals surface area contributed by atoms with Gasteiger partial charge in [0.05, 0.1) is 6.04 Å². The minimum absolute atomic E-state index is 0.0200. The number of rotatable bonds is 3. The van der Waals surface area contributed by atoms with Crippen molar-refractivity contribution < 1.29 is 0 Å². The van der Waals surface area contributed by atoms with E-state index in [1.54, 1.807) is 10.8 Å². The lowest BCUT2D eigenvalue weighted by molar-refractivity contribution is 0.712. The Morgan fingerprint density at radius 1 is 1.37 bits per heavy atom. The smallest absolute Gasteiger partial charge is 0.243 e. The minimum atomic E-state index is -0.0200. The zero-order chi connectivity index (χ0) is 13.4. The molecular weight excluding hydrogens is 310 g/mol. The molecule has 1 unspecified atom stereocenters. The molecule has 0 aliphatic heterocycles. The van der Waals surface area contributed by atoms with Crippen molar-refractivity contribution in [3.05, 3.63) is 35.0 Å². The molecule has 3 aromatic heterocycles. The average molecular weight is 322 g/mol. The van der Waals surface area contributed by atoms with Crippen molar-refractivity contribution in [3.63, 3.8) is 0 Å². The fourth-order valence-corrected chi connectivity index (χ4v) is 2.19. The molecule has 0 aliphatic carbocycles. The maximum atomic E-state index is 4.40. The maximum absolute atomic E-state index is 4.40. The summed E-state index contributed by atoms with van der Waals surface area (Å²) in [5.74, 6) is 1.40. The predicted octanol–water partition coefficient (Wildman–Crippen LogP) is 1.79. The molecule has 8 heteroatoms. The van der Waals surface area contributed by atoms with E-state index in [0.29, 0.717) is 5.95 Å². The van der Waals surface area contributed by atoms with Crippen LogP contribution in [0.5, 0.6) is 0 Å². The molecule has 0 saturated heterocycles. The van der Waals surface area contributed by atoms with Crippen molar-refractivity contribution in [2.45, 2.75) is 13.0 Å². The molecule has 98 valence electrons. The van der Waals surface area contributed by atoms with Gasteiger partial charge in [-0.15, -0.1) is 15.3 Å². The monoisotopic (exact) mass is 321 g/mol. The molecule has 0 amide bonds. The Hall–Kier alpha value is -1.96. The summed E-state index contributed by atoms with van der Waals surface area (Å²) in [5.41, 5.74) is 0.788. The SMILES string of the molecule is CC(Nc1nc2ccc(Br)cn2n1)c1nncn1C. The van der Waals surface area contributed by atoms with Crippen molar-refractivity contribution >= 4 is 27.5 Å². The first-order valence-corrected chi connectivity index (χ1v) is 6.55. The number of anilines is 1. The second kappa shape index (κ2) is 4.61. The molecule has 3 rings (SSSR count). The van der Waals surface area contributed by atoms with Gasteiger partial charge >= 0.3 is 0 Å². The first kappa shape index (κ1) is 12.1. The average Bonchev–Trinajstić information content (AvgIpc) is 2.94. The number of halogens is 1. The van der Waals surface area contributed by atoms with Crippen molar-refractivity contribution in [1.82, 2.24) is 29.4 Å². The number of nitrogens with one attached hydrogen (secondary N) is 1. The van der Waals surface area contributed by atoms with E-state index in [4.69, 9.17) is 0 Å². The quantitative estimate of drug-likeness (QED) is 0.796. The Morgan fingerprint density at radius 3 is 2.95 bits per heavy atom. The summed E-state index contributed by atoms with van der Waals surface area (Å²) in [6, 6.07) is 3.81. The topological polar surface area (TPSA) is 72.9 Å². The van der Waals surface area contributed by atoms with Gasteiger partial charge in [0.1, 0.15) is 6.33 Å². The van der Waals surface area contributed by atoms with Crippen LogP contribution >= 0.6 is 15.9 Å². The van der Waals surface area contributed by atoms with Crippen LogP contribution in [-0.2, 0) is 7.05 Å². The lowest BCUT2D eigenvalue weighted by Gasteiger charge is -2.10. The number of aromatic nitrogens is 6. The van der Waals surface area contributed by atoms with Gasteiger partial charge in [-0.1, -0.05) is 0 Å². The van der Waals surface area contributed by atoms with E-state index in [1.165, 1.54) is 0 Å². The standard InChI is InChI=1S/C11H12BrN7/c1-7(10-16-13-6-18(10)2)14-11-15-9-4-3-8(12)5-19(9)17-11/h3-7H,1-2H3,(H,14,17). The number of nitrogens with zero attached hydrogens (tertiary/aromatic N) is 6. The lowest BCUT2D eigenvalue weighted by Crippen LogP contribution is -2.12. The van der Waals surface area contributed by atoms with E-state index in [1.807, 2.05) is 36.9 Å². The molecule has 0 fully saturated rings. The summed E-state index contributed by atoms with van der Waals surface area (Å²) in [4.78, 5) is 4.40. The number of hydrogen-bond acceptors (Lipinski definition) is 5. The third kappa shape index (κ3) is 2.30. The van der Waals surface area contributed by atoms with Gasteiger partial charge in [0.25, 0.3) is 0 Å². The summed E-state index contributed by atoms with van der Waals surface area (Å²) in [5, 5.41) is 15.5. The van der Waals surface area contributed by atoms with Gasteiger partial charge in [0, 0.05) is 17.7 Å². The van der Waals surface area contributed by atoms with Crippen LogP contribution in [-0.4, -0.2) is 29.4 Å². The molecule has 0 radical (unpaired) electrons. The molecule has 7 nitrogen and oxygen atoms in total. The molecule has 0 aliphatic rings. The number of fused-ring (bicyclic) bond motifs is 1. The molecule has 3 aromatic rings. The maximum Gasteiger partial charge on any atom is 0.243 e. The van der Waals surface area contributed by atoms with E-state index >= 15 is 0 Å². The van der Waals surface area contributed by atoms with Crippen molar-refractivity contribution in [1.29, 1.82) is 0 Å². The summed E-state index contributed by atoms with van der Waals surface area (Å²) < 4.78 is 4.54. The Kier molecular flexibility index (Phi) is 2.94. The number of pyridine rings is 1. The lowest BCUT2D eigenvalue weighted by atomic mass is 10.3. The fraction of sp³-hybridized carbons (Fsp3) is 0.273.